The molecule has 0 aliphatic heterocycles. The molecule has 1 aromatic carbocycles. The van der Waals surface area contributed by atoms with Gasteiger partial charge in [0, 0.05) is 19.2 Å². The summed E-state index contributed by atoms with van der Waals surface area (Å²) in [5.41, 5.74) is 4.33. The SMILES string of the molecule is COC/C=C/c1ccc2c(c1)C(NC1CC1)CC2. The summed E-state index contributed by atoms with van der Waals surface area (Å²) in [6.07, 6.45) is 9.42. The van der Waals surface area contributed by atoms with Gasteiger partial charge in [-0.1, -0.05) is 24.3 Å². The summed E-state index contributed by atoms with van der Waals surface area (Å²) in [6.45, 7) is 0.681. The van der Waals surface area contributed by atoms with Crippen molar-refractivity contribution < 1.29 is 4.74 Å². The van der Waals surface area contributed by atoms with Crippen LogP contribution in [0.3, 0.4) is 0 Å². The molecule has 0 bridgehead atoms. The molecular weight excluding hydrogens is 222 g/mol. The molecular formula is C16H21NO. The summed E-state index contributed by atoms with van der Waals surface area (Å²) in [5.74, 6) is 0. The molecule has 1 fully saturated rings. The Hall–Kier alpha value is -1.12. The summed E-state index contributed by atoms with van der Waals surface area (Å²) in [4.78, 5) is 0. The van der Waals surface area contributed by atoms with Crippen LogP contribution in [0.5, 0.6) is 0 Å². The first kappa shape index (κ1) is 11.9. The van der Waals surface area contributed by atoms with Crippen LogP contribution in [-0.2, 0) is 11.2 Å². The predicted molar refractivity (Wildman–Crippen MR) is 74.6 cm³/mol. The van der Waals surface area contributed by atoms with E-state index in [4.69, 9.17) is 4.74 Å². The molecule has 2 heteroatoms. The highest BCUT2D eigenvalue weighted by atomic mass is 16.5. The van der Waals surface area contributed by atoms with E-state index in [1.165, 1.54) is 42.4 Å². The van der Waals surface area contributed by atoms with Gasteiger partial charge < -0.3 is 10.1 Å². The third-order valence-corrected chi connectivity index (χ3v) is 3.84. The lowest BCUT2D eigenvalue weighted by atomic mass is 10.0. The minimum Gasteiger partial charge on any atom is -0.381 e. The topological polar surface area (TPSA) is 21.3 Å². The van der Waals surface area contributed by atoms with Gasteiger partial charge in [0.25, 0.3) is 0 Å². The van der Waals surface area contributed by atoms with Crippen LogP contribution in [0.2, 0.25) is 0 Å². The maximum absolute atomic E-state index is 5.04. The van der Waals surface area contributed by atoms with Crippen molar-refractivity contribution in [2.75, 3.05) is 13.7 Å². The molecule has 1 saturated carbocycles. The van der Waals surface area contributed by atoms with Crippen molar-refractivity contribution >= 4 is 6.08 Å². The number of hydrogen-bond acceptors (Lipinski definition) is 2. The van der Waals surface area contributed by atoms with Gasteiger partial charge in [-0.05, 0) is 48.4 Å². The van der Waals surface area contributed by atoms with Gasteiger partial charge in [-0.25, -0.2) is 0 Å². The van der Waals surface area contributed by atoms with Crippen LogP contribution >= 0.6 is 0 Å². The van der Waals surface area contributed by atoms with Crippen molar-refractivity contribution in [3.63, 3.8) is 0 Å². The van der Waals surface area contributed by atoms with Gasteiger partial charge in [0.2, 0.25) is 0 Å². The Morgan fingerprint density at radius 1 is 1.33 bits per heavy atom. The van der Waals surface area contributed by atoms with Crippen molar-refractivity contribution in [1.82, 2.24) is 5.32 Å². The molecule has 0 spiro atoms. The molecule has 2 aliphatic rings. The van der Waals surface area contributed by atoms with Gasteiger partial charge in [-0.2, -0.15) is 0 Å². The van der Waals surface area contributed by atoms with Crippen molar-refractivity contribution in [1.29, 1.82) is 0 Å². The normalized spacial score (nSPS) is 22.6. The van der Waals surface area contributed by atoms with Crippen molar-refractivity contribution in [2.45, 2.75) is 37.8 Å². The van der Waals surface area contributed by atoms with Crippen LogP contribution in [0.25, 0.3) is 6.08 Å². The standard InChI is InChI=1S/C16H21NO/c1-18-10-2-3-12-4-5-13-6-9-16(15(13)11-12)17-14-7-8-14/h2-5,11,14,16-17H,6-10H2,1H3/b3-2+. The first-order chi connectivity index (χ1) is 8.86. The number of nitrogens with one attached hydrogen (secondary N) is 1. The molecule has 2 aliphatic carbocycles. The molecule has 1 atom stereocenters. The van der Waals surface area contributed by atoms with Crippen LogP contribution in [0.4, 0.5) is 0 Å². The van der Waals surface area contributed by atoms with Crippen LogP contribution < -0.4 is 5.32 Å². The molecule has 0 amide bonds. The van der Waals surface area contributed by atoms with E-state index in [9.17, 15) is 0 Å². The van der Waals surface area contributed by atoms with Crippen LogP contribution in [0.15, 0.2) is 24.3 Å². The molecule has 0 saturated heterocycles. The highest BCUT2D eigenvalue weighted by molar-refractivity contribution is 5.53. The largest absolute Gasteiger partial charge is 0.381 e. The first-order valence-corrected chi connectivity index (χ1v) is 6.91. The molecule has 1 aromatic rings. The third-order valence-electron chi connectivity index (χ3n) is 3.84. The number of ether oxygens (including phenoxy) is 1. The average Bonchev–Trinajstić information content (AvgIpc) is 3.11. The van der Waals surface area contributed by atoms with Crippen LogP contribution in [-0.4, -0.2) is 19.8 Å². The maximum atomic E-state index is 5.04. The van der Waals surface area contributed by atoms with Gasteiger partial charge in [0.15, 0.2) is 0 Å². The van der Waals surface area contributed by atoms with E-state index in [0.717, 1.165) is 6.04 Å². The quantitative estimate of drug-likeness (QED) is 0.858. The van der Waals surface area contributed by atoms with Crippen molar-refractivity contribution in [2.24, 2.45) is 0 Å². The lowest BCUT2D eigenvalue weighted by molar-refractivity contribution is 0.234. The maximum Gasteiger partial charge on any atom is 0.0646 e. The summed E-state index contributed by atoms with van der Waals surface area (Å²) < 4.78 is 5.04. The van der Waals surface area contributed by atoms with Gasteiger partial charge in [0.1, 0.15) is 0 Å². The first-order valence-electron chi connectivity index (χ1n) is 6.91. The Kier molecular flexibility index (Phi) is 3.48. The summed E-state index contributed by atoms with van der Waals surface area (Å²) in [7, 11) is 1.72. The summed E-state index contributed by atoms with van der Waals surface area (Å²) in [6, 6.07) is 8.21. The Balaban J connectivity index is 1.75. The molecule has 3 rings (SSSR count). The zero-order valence-electron chi connectivity index (χ0n) is 11.0. The van der Waals surface area contributed by atoms with Crippen LogP contribution in [0.1, 0.15) is 42.0 Å². The summed E-state index contributed by atoms with van der Waals surface area (Å²) >= 11 is 0. The number of rotatable bonds is 5. The minimum absolute atomic E-state index is 0.586. The number of benzene rings is 1. The molecule has 1 unspecified atom stereocenters. The van der Waals surface area contributed by atoms with Gasteiger partial charge >= 0.3 is 0 Å². The number of hydrogen-bond donors (Lipinski definition) is 1. The minimum atomic E-state index is 0.586. The molecule has 0 heterocycles. The molecule has 18 heavy (non-hydrogen) atoms. The number of aryl methyl sites for hydroxylation is 1. The van der Waals surface area contributed by atoms with E-state index in [2.05, 4.69) is 35.7 Å². The second-order valence-electron chi connectivity index (χ2n) is 5.35. The fourth-order valence-corrected chi connectivity index (χ4v) is 2.71. The lowest BCUT2D eigenvalue weighted by Crippen LogP contribution is -2.21. The molecule has 0 radical (unpaired) electrons. The van der Waals surface area contributed by atoms with E-state index in [-0.39, 0.29) is 0 Å². The Morgan fingerprint density at radius 2 is 2.22 bits per heavy atom. The van der Waals surface area contributed by atoms with Crippen LogP contribution in [0, 0.1) is 0 Å². The van der Waals surface area contributed by atoms with E-state index < -0.39 is 0 Å². The van der Waals surface area contributed by atoms with E-state index in [1.54, 1.807) is 7.11 Å². The highest BCUT2D eigenvalue weighted by Crippen LogP contribution is 2.35. The molecule has 2 nitrogen and oxygen atoms in total. The number of methoxy groups -OCH3 is 1. The van der Waals surface area contributed by atoms with Gasteiger partial charge in [-0.15, -0.1) is 0 Å². The Labute approximate surface area is 109 Å². The smallest absolute Gasteiger partial charge is 0.0646 e. The van der Waals surface area contributed by atoms with Gasteiger partial charge in [-0.3, -0.25) is 0 Å². The molecule has 1 N–H and O–H groups in total. The van der Waals surface area contributed by atoms with Crippen molar-refractivity contribution in [3.05, 3.63) is 41.0 Å². The molecule has 96 valence electrons. The average molecular weight is 243 g/mol. The van der Waals surface area contributed by atoms with E-state index >= 15 is 0 Å². The van der Waals surface area contributed by atoms with E-state index in [1.807, 2.05) is 0 Å². The Bertz CT molecular complexity index is 448. The third kappa shape index (κ3) is 2.65. The fraction of sp³-hybridized carbons (Fsp3) is 0.500. The summed E-state index contributed by atoms with van der Waals surface area (Å²) in [5, 5.41) is 3.75. The van der Waals surface area contributed by atoms with Crippen molar-refractivity contribution in [3.8, 4) is 0 Å². The lowest BCUT2D eigenvalue weighted by Gasteiger charge is -2.13. The predicted octanol–water partition coefficient (Wildman–Crippen LogP) is 3.09. The highest BCUT2D eigenvalue weighted by Gasteiger charge is 2.29. The Morgan fingerprint density at radius 3 is 3.00 bits per heavy atom. The fourth-order valence-electron chi connectivity index (χ4n) is 2.71. The van der Waals surface area contributed by atoms with Gasteiger partial charge in [0.05, 0.1) is 6.61 Å². The number of fused-ring (bicyclic) bond motifs is 1. The second kappa shape index (κ2) is 5.25. The van der Waals surface area contributed by atoms with E-state index in [0.29, 0.717) is 12.6 Å². The zero-order chi connectivity index (χ0) is 12.4. The second-order valence-corrected chi connectivity index (χ2v) is 5.35. The monoisotopic (exact) mass is 243 g/mol. The molecule has 0 aromatic heterocycles. The zero-order valence-corrected chi connectivity index (χ0v) is 11.0.